The standard InChI is InChI=1S/C17H19FN2O4/c1-11-3-5-16(24-11)14-10-23-8-7-20(14)17(21)19-13-9-12(18)4-6-15(13)22-2/h3-6,9,14H,7-8,10H2,1-2H3,(H,19,21)/t14-/m1/s1. The molecule has 2 aromatic rings. The molecule has 0 radical (unpaired) electrons. The highest BCUT2D eigenvalue weighted by Crippen LogP contribution is 2.29. The molecule has 24 heavy (non-hydrogen) atoms. The van der Waals surface area contributed by atoms with Crippen LogP contribution in [0.5, 0.6) is 5.75 Å². The molecule has 1 atom stereocenters. The van der Waals surface area contributed by atoms with Crippen molar-refractivity contribution in [3.05, 3.63) is 47.7 Å². The molecule has 1 fully saturated rings. The number of benzene rings is 1. The minimum absolute atomic E-state index is 0.281. The summed E-state index contributed by atoms with van der Waals surface area (Å²) in [6.45, 7) is 3.04. The van der Waals surface area contributed by atoms with Gasteiger partial charge in [0, 0.05) is 12.6 Å². The van der Waals surface area contributed by atoms with Crippen molar-refractivity contribution < 1.29 is 23.1 Å². The van der Waals surface area contributed by atoms with Crippen LogP contribution in [0.1, 0.15) is 17.6 Å². The van der Waals surface area contributed by atoms with Gasteiger partial charge in [0.05, 0.1) is 26.0 Å². The Kier molecular flexibility index (Phi) is 4.71. The number of halogens is 1. The first-order valence-electron chi connectivity index (χ1n) is 7.63. The second-order valence-electron chi connectivity index (χ2n) is 5.51. The van der Waals surface area contributed by atoms with Gasteiger partial charge in [-0.05, 0) is 31.2 Å². The fraction of sp³-hybridized carbons (Fsp3) is 0.353. The largest absolute Gasteiger partial charge is 0.495 e. The Labute approximate surface area is 139 Å². The lowest BCUT2D eigenvalue weighted by Gasteiger charge is -2.34. The van der Waals surface area contributed by atoms with E-state index >= 15 is 0 Å². The number of methoxy groups -OCH3 is 1. The van der Waals surface area contributed by atoms with Gasteiger partial charge in [0.15, 0.2) is 0 Å². The normalized spacial score (nSPS) is 17.6. The van der Waals surface area contributed by atoms with Crippen molar-refractivity contribution >= 4 is 11.7 Å². The third-order valence-corrected chi connectivity index (χ3v) is 3.88. The van der Waals surface area contributed by atoms with Crippen molar-refractivity contribution in [2.45, 2.75) is 13.0 Å². The Hall–Kier alpha value is -2.54. The zero-order chi connectivity index (χ0) is 17.1. The molecular formula is C17H19FN2O4. The topological polar surface area (TPSA) is 63.9 Å². The first kappa shape index (κ1) is 16.3. The average molecular weight is 334 g/mol. The number of rotatable bonds is 3. The van der Waals surface area contributed by atoms with Gasteiger partial charge in [-0.2, -0.15) is 0 Å². The van der Waals surface area contributed by atoms with E-state index in [0.29, 0.717) is 31.3 Å². The Balaban J connectivity index is 1.81. The number of nitrogens with zero attached hydrogens (tertiary/aromatic N) is 1. The number of carbonyl (C=O) groups excluding carboxylic acids is 1. The van der Waals surface area contributed by atoms with Crippen molar-refractivity contribution in [2.75, 3.05) is 32.2 Å². The Morgan fingerprint density at radius 3 is 2.92 bits per heavy atom. The SMILES string of the molecule is COc1ccc(F)cc1NC(=O)N1CCOC[C@@H]1c1ccc(C)o1. The molecule has 0 bridgehead atoms. The quantitative estimate of drug-likeness (QED) is 0.935. The van der Waals surface area contributed by atoms with Gasteiger partial charge in [0.1, 0.15) is 29.1 Å². The molecule has 2 heterocycles. The molecule has 1 aliphatic rings. The molecule has 128 valence electrons. The second-order valence-corrected chi connectivity index (χ2v) is 5.51. The summed E-state index contributed by atoms with van der Waals surface area (Å²) in [4.78, 5) is 14.3. The summed E-state index contributed by atoms with van der Waals surface area (Å²) in [6, 6.07) is 6.96. The number of amides is 2. The number of urea groups is 1. The van der Waals surface area contributed by atoms with E-state index in [2.05, 4.69) is 5.32 Å². The first-order valence-corrected chi connectivity index (χ1v) is 7.63. The third kappa shape index (κ3) is 3.35. The van der Waals surface area contributed by atoms with Gasteiger partial charge in [0.2, 0.25) is 0 Å². The van der Waals surface area contributed by atoms with E-state index < -0.39 is 5.82 Å². The van der Waals surface area contributed by atoms with Crippen LogP contribution in [0.3, 0.4) is 0 Å². The minimum Gasteiger partial charge on any atom is -0.495 e. The van der Waals surface area contributed by atoms with Gasteiger partial charge in [-0.15, -0.1) is 0 Å². The first-order chi connectivity index (χ1) is 11.6. The van der Waals surface area contributed by atoms with Gasteiger partial charge in [-0.1, -0.05) is 0 Å². The molecule has 0 aliphatic carbocycles. The monoisotopic (exact) mass is 334 g/mol. The number of morpholine rings is 1. The Morgan fingerprint density at radius 1 is 1.38 bits per heavy atom. The summed E-state index contributed by atoms with van der Waals surface area (Å²) in [5.41, 5.74) is 0.281. The molecule has 2 amide bonds. The zero-order valence-electron chi connectivity index (χ0n) is 13.5. The van der Waals surface area contributed by atoms with E-state index in [-0.39, 0.29) is 17.8 Å². The van der Waals surface area contributed by atoms with Crippen LogP contribution >= 0.6 is 0 Å². The summed E-state index contributed by atoms with van der Waals surface area (Å²) in [5.74, 6) is 1.37. The lowest BCUT2D eigenvalue weighted by molar-refractivity contribution is 0.00709. The number of nitrogens with one attached hydrogen (secondary N) is 1. The molecular weight excluding hydrogens is 315 g/mol. The summed E-state index contributed by atoms with van der Waals surface area (Å²) in [6.07, 6.45) is 0. The molecule has 1 saturated heterocycles. The number of ether oxygens (including phenoxy) is 2. The highest BCUT2D eigenvalue weighted by atomic mass is 19.1. The van der Waals surface area contributed by atoms with Crippen LogP contribution in [0.25, 0.3) is 0 Å². The number of anilines is 1. The van der Waals surface area contributed by atoms with Crippen LogP contribution in [-0.2, 0) is 4.74 Å². The van der Waals surface area contributed by atoms with Gasteiger partial charge in [-0.3, -0.25) is 0 Å². The van der Waals surface area contributed by atoms with Gasteiger partial charge in [0.25, 0.3) is 0 Å². The average Bonchev–Trinajstić information content (AvgIpc) is 3.01. The highest BCUT2D eigenvalue weighted by Gasteiger charge is 2.31. The zero-order valence-corrected chi connectivity index (χ0v) is 13.5. The van der Waals surface area contributed by atoms with E-state index in [9.17, 15) is 9.18 Å². The maximum atomic E-state index is 13.5. The highest BCUT2D eigenvalue weighted by molar-refractivity contribution is 5.91. The van der Waals surface area contributed by atoms with Gasteiger partial charge in [-0.25, -0.2) is 9.18 Å². The van der Waals surface area contributed by atoms with Crippen LogP contribution in [0.2, 0.25) is 0 Å². The van der Waals surface area contributed by atoms with Gasteiger partial charge < -0.3 is 24.1 Å². The van der Waals surface area contributed by atoms with E-state index in [0.717, 1.165) is 5.76 Å². The number of furan rings is 1. The number of carbonyl (C=O) groups is 1. The van der Waals surface area contributed by atoms with Crippen LogP contribution in [0, 0.1) is 12.7 Å². The molecule has 1 aromatic carbocycles. The van der Waals surface area contributed by atoms with E-state index in [1.54, 1.807) is 4.90 Å². The molecule has 3 rings (SSSR count). The minimum atomic E-state index is -0.453. The van der Waals surface area contributed by atoms with Crippen molar-refractivity contribution in [1.82, 2.24) is 4.90 Å². The second kappa shape index (κ2) is 6.92. The summed E-state index contributed by atoms with van der Waals surface area (Å²) in [5, 5.41) is 2.70. The van der Waals surface area contributed by atoms with Gasteiger partial charge >= 0.3 is 6.03 Å². The molecule has 0 saturated carbocycles. The van der Waals surface area contributed by atoms with Crippen molar-refractivity contribution in [2.24, 2.45) is 0 Å². The number of aryl methyl sites for hydroxylation is 1. The fourth-order valence-electron chi connectivity index (χ4n) is 2.68. The van der Waals surface area contributed by atoms with Crippen LogP contribution in [0.15, 0.2) is 34.7 Å². The van der Waals surface area contributed by atoms with E-state index in [1.807, 2.05) is 19.1 Å². The summed E-state index contributed by atoms with van der Waals surface area (Å²) < 4.78 is 29.7. The Bertz CT molecular complexity index is 731. The van der Waals surface area contributed by atoms with Crippen LogP contribution < -0.4 is 10.1 Å². The van der Waals surface area contributed by atoms with Crippen molar-refractivity contribution in [3.63, 3.8) is 0 Å². The van der Waals surface area contributed by atoms with Crippen molar-refractivity contribution in [3.8, 4) is 5.75 Å². The predicted octanol–water partition coefficient (Wildman–Crippen LogP) is 3.34. The molecule has 7 heteroatoms. The third-order valence-electron chi connectivity index (χ3n) is 3.88. The fourth-order valence-corrected chi connectivity index (χ4v) is 2.68. The van der Waals surface area contributed by atoms with Crippen molar-refractivity contribution in [1.29, 1.82) is 0 Å². The lowest BCUT2D eigenvalue weighted by Crippen LogP contribution is -2.45. The lowest BCUT2D eigenvalue weighted by atomic mass is 10.2. The molecule has 0 unspecified atom stereocenters. The molecule has 6 nitrogen and oxygen atoms in total. The summed E-state index contributed by atoms with van der Waals surface area (Å²) in [7, 11) is 1.46. The number of hydrogen-bond donors (Lipinski definition) is 1. The smallest absolute Gasteiger partial charge is 0.322 e. The molecule has 1 aromatic heterocycles. The molecule has 1 N–H and O–H groups in total. The maximum Gasteiger partial charge on any atom is 0.322 e. The van der Waals surface area contributed by atoms with E-state index in [4.69, 9.17) is 13.9 Å². The maximum absolute atomic E-state index is 13.5. The number of hydrogen-bond acceptors (Lipinski definition) is 4. The Morgan fingerprint density at radius 2 is 2.21 bits per heavy atom. The van der Waals surface area contributed by atoms with E-state index in [1.165, 1.54) is 25.3 Å². The van der Waals surface area contributed by atoms with Crippen LogP contribution in [-0.4, -0.2) is 37.8 Å². The summed E-state index contributed by atoms with van der Waals surface area (Å²) >= 11 is 0. The van der Waals surface area contributed by atoms with Crippen LogP contribution in [0.4, 0.5) is 14.9 Å². The molecule has 0 spiro atoms. The predicted molar refractivity (Wildman–Crippen MR) is 85.7 cm³/mol. The molecule has 1 aliphatic heterocycles.